The van der Waals surface area contributed by atoms with Crippen LogP contribution >= 0.6 is 0 Å². The van der Waals surface area contributed by atoms with Gasteiger partial charge in [-0.05, 0) is 97.9 Å². The van der Waals surface area contributed by atoms with Gasteiger partial charge in [0.1, 0.15) is 11.6 Å². The first kappa shape index (κ1) is 57.4. The van der Waals surface area contributed by atoms with Crippen LogP contribution in [-0.4, -0.2) is 125 Å². The summed E-state index contributed by atoms with van der Waals surface area (Å²) < 4.78 is 82.2. The van der Waals surface area contributed by atoms with E-state index in [-0.39, 0.29) is 52.4 Å². The fraction of sp³-hybridized carbons (Fsp3) is 0.224. The first-order valence-electron chi connectivity index (χ1n) is 22.3. The molecule has 0 aliphatic rings. The molecule has 6 N–H and O–H groups in total. The molecule has 0 saturated carbocycles. The normalized spacial score (nSPS) is 11.8. The van der Waals surface area contributed by atoms with Gasteiger partial charge in [0.2, 0.25) is 5.91 Å². The molecule has 8 rings (SSSR count). The van der Waals surface area contributed by atoms with E-state index in [0.29, 0.717) is 44.3 Å². The van der Waals surface area contributed by atoms with Crippen molar-refractivity contribution in [2.75, 3.05) is 40.3 Å². The SMILES string of the molecule is CCO.CN.CNC(=O)C[C@H](NC(=O)c1cncc2c1cnn2-c1ccc(F)cc1)c1ccnc(S(C)(=O)=O)c1.COC(=O)C[C@H](NC(=O)c1cncc2c1cnn2-c1ccc(F)cc1)c1ccnc(S(C)(=O)=O)c1. The van der Waals surface area contributed by atoms with Crippen molar-refractivity contribution in [1.29, 1.82) is 0 Å². The van der Waals surface area contributed by atoms with E-state index in [0.717, 1.165) is 12.5 Å². The van der Waals surface area contributed by atoms with Gasteiger partial charge in [-0.3, -0.25) is 29.1 Å². The third kappa shape index (κ3) is 14.8. The number of aliphatic hydroxyl groups excluding tert-OH is 1. The van der Waals surface area contributed by atoms with E-state index in [9.17, 15) is 44.8 Å². The van der Waals surface area contributed by atoms with Crippen LogP contribution in [0.5, 0.6) is 0 Å². The van der Waals surface area contributed by atoms with E-state index < -0.39 is 55.4 Å². The van der Waals surface area contributed by atoms with Gasteiger partial charge < -0.3 is 31.5 Å². The lowest BCUT2D eigenvalue weighted by molar-refractivity contribution is -0.141. The molecule has 2 aromatic carbocycles. The van der Waals surface area contributed by atoms with E-state index in [2.05, 4.69) is 51.8 Å². The Kier molecular flexibility index (Phi) is 19.9. The fourth-order valence-corrected chi connectivity index (χ4v) is 8.23. The van der Waals surface area contributed by atoms with Gasteiger partial charge in [0, 0.05) is 61.7 Å². The average molecular weight is 1070 g/mol. The van der Waals surface area contributed by atoms with E-state index in [4.69, 9.17) is 9.84 Å². The van der Waals surface area contributed by atoms with Crippen molar-refractivity contribution >= 4 is 65.2 Å². The number of benzene rings is 2. The maximum Gasteiger partial charge on any atom is 0.307 e. The summed E-state index contributed by atoms with van der Waals surface area (Å²) in [5.74, 6) is -2.83. The standard InChI is InChI=1S/C23H21FN6O4S.C23H20FN5O5S.C2H6O.CH5N/c1-25-21(31)10-19(14-7-8-27-22(9-14)35(2,33)34)29-23(32)18-11-26-13-20-17(18)12-28-30(20)16-5-3-15(24)4-6-16;1-34-22(30)10-19(14-7-8-26-21(9-14)35(2,32)33)28-23(31)18-11-25-13-20-17(18)12-27-29(20)16-5-3-15(24)4-6-16;1-2-3;1-2/h3-9,11-13,19H,10H2,1-2H3,(H,25,31)(H,29,32);3-9,11-13,19H,10H2,1-2H3,(H,28,31);3H,2H2,1H3;2H2,1H3/t2*19-;;/m00../s1. The number of sulfone groups is 2. The molecule has 26 heteroatoms. The fourth-order valence-electron chi connectivity index (χ4n) is 7.02. The average Bonchev–Trinajstić information content (AvgIpc) is 4.05. The van der Waals surface area contributed by atoms with Crippen molar-refractivity contribution in [3.63, 3.8) is 0 Å². The van der Waals surface area contributed by atoms with E-state index >= 15 is 0 Å². The molecule has 6 heterocycles. The van der Waals surface area contributed by atoms with Crippen molar-refractivity contribution in [2.24, 2.45) is 5.73 Å². The van der Waals surface area contributed by atoms with Gasteiger partial charge in [-0.1, -0.05) is 0 Å². The highest BCUT2D eigenvalue weighted by Gasteiger charge is 2.25. The molecule has 394 valence electrons. The number of carbonyl (C=O) groups excluding carboxylic acids is 4. The number of rotatable bonds is 14. The van der Waals surface area contributed by atoms with Gasteiger partial charge in [-0.25, -0.2) is 44.9 Å². The van der Waals surface area contributed by atoms with E-state index in [1.165, 1.54) is 129 Å². The molecule has 0 saturated heterocycles. The predicted molar refractivity (Wildman–Crippen MR) is 271 cm³/mol. The van der Waals surface area contributed by atoms with Crippen LogP contribution in [0.1, 0.15) is 63.7 Å². The number of pyridine rings is 4. The molecule has 6 aromatic heterocycles. The zero-order valence-corrected chi connectivity index (χ0v) is 42.8. The van der Waals surface area contributed by atoms with E-state index in [1.54, 1.807) is 31.2 Å². The zero-order chi connectivity index (χ0) is 55.0. The van der Waals surface area contributed by atoms with Gasteiger partial charge >= 0.3 is 5.97 Å². The summed E-state index contributed by atoms with van der Waals surface area (Å²) in [7, 11) is -3.04. The molecule has 0 radical (unpaired) electrons. The number of esters is 1. The highest BCUT2D eigenvalue weighted by molar-refractivity contribution is 7.90. The first-order chi connectivity index (χ1) is 35.8. The number of methoxy groups -OCH3 is 1. The number of hydrogen-bond donors (Lipinski definition) is 5. The maximum absolute atomic E-state index is 13.3. The third-order valence-electron chi connectivity index (χ3n) is 10.6. The minimum Gasteiger partial charge on any atom is -0.469 e. The highest BCUT2D eigenvalue weighted by Crippen LogP contribution is 2.26. The number of fused-ring (bicyclic) bond motifs is 2. The monoisotopic (exact) mass is 1070 g/mol. The number of ether oxygens (including phenoxy) is 1. The van der Waals surface area contributed by atoms with Gasteiger partial charge in [0.05, 0.1) is 90.4 Å². The van der Waals surface area contributed by atoms with Crippen LogP contribution in [-0.2, 0) is 34.0 Å². The number of aromatic nitrogens is 8. The van der Waals surface area contributed by atoms with Crippen LogP contribution < -0.4 is 21.7 Å². The molecule has 2 atom stereocenters. The summed E-state index contributed by atoms with van der Waals surface area (Å²) in [4.78, 5) is 66.7. The second-order valence-electron chi connectivity index (χ2n) is 15.7. The Labute approximate surface area is 429 Å². The summed E-state index contributed by atoms with van der Waals surface area (Å²) in [6.45, 7) is 1.93. The molecule has 75 heavy (non-hydrogen) atoms. The van der Waals surface area contributed by atoms with Crippen molar-refractivity contribution in [2.45, 2.75) is 41.9 Å². The molecular formula is C49H52F2N12O10S2. The smallest absolute Gasteiger partial charge is 0.307 e. The molecule has 8 aromatic rings. The summed E-state index contributed by atoms with van der Waals surface area (Å²) in [6.07, 6.45) is 13.0. The molecule has 0 fully saturated rings. The quantitative estimate of drug-likeness (QED) is 0.0964. The minimum atomic E-state index is -3.61. The Morgan fingerprint density at radius 2 is 1.04 bits per heavy atom. The number of nitrogens with zero attached hydrogens (tertiary/aromatic N) is 8. The number of nitrogens with one attached hydrogen (secondary N) is 3. The molecule has 0 spiro atoms. The Morgan fingerprint density at radius 3 is 1.40 bits per heavy atom. The van der Waals surface area contributed by atoms with Crippen molar-refractivity contribution in [3.05, 3.63) is 156 Å². The Bertz CT molecular complexity index is 3300. The largest absolute Gasteiger partial charge is 0.469 e. The zero-order valence-electron chi connectivity index (χ0n) is 41.2. The molecule has 22 nitrogen and oxygen atoms in total. The number of amides is 3. The van der Waals surface area contributed by atoms with E-state index in [1.807, 2.05) is 0 Å². The number of aliphatic hydroxyl groups is 1. The molecule has 0 aliphatic heterocycles. The van der Waals surface area contributed by atoms with Crippen molar-refractivity contribution in [3.8, 4) is 11.4 Å². The second kappa shape index (κ2) is 26.0. The number of carbonyl (C=O) groups is 4. The van der Waals surface area contributed by atoms with Crippen LogP contribution in [0, 0.1) is 11.6 Å². The summed E-state index contributed by atoms with van der Waals surface area (Å²) in [5, 5.41) is 24.8. The van der Waals surface area contributed by atoms with Crippen molar-refractivity contribution in [1.82, 2.24) is 55.4 Å². The molecule has 3 amide bonds. The Balaban J connectivity index is 0.000000256. The topological polar surface area (TPSA) is 315 Å². The number of halogens is 2. The summed E-state index contributed by atoms with van der Waals surface area (Å²) in [6, 6.07) is 15.3. The number of nitrogens with two attached hydrogens (primary N) is 1. The van der Waals surface area contributed by atoms with Gasteiger partial charge in [-0.2, -0.15) is 10.2 Å². The van der Waals surface area contributed by atoms with Crippen LogP contribution in [0.2, 0.25) is 0 Å². The molecular weight excluding hydrogens is 1020 g/mol. The Morgan fingerprint density at radius 1 is 0.653 bits per heavy atom. The van der Waals surface area contributed by atoms with Gasteiger partial charge in [0.25, 0.3) is 11.8 Å². The first-order valence-corrected chi connectivity index (χ1v) is 26.1. The van der Waals surface area contributed by atoms with Crippen LogP contribution in [0.15, 0.2) is 132 Å². The predicted octanol–water partition coefficient (Wildman–Crippen LogP) is 3.93. The molecule has 0 unspecified atom stereocenters. The minimum absolute atomic E-state index is 0.131. The lowest BCUT2D eigenvalue weighted by atomic mass is 10.0. The van der Waals surface area contributed by atoms with Crippen molar-refractivity contribution < 1.29 is 54.6 Å². The van der Waals surface area contributed by atoms with Crippen LogP contribution in [0.4, 0.5) is 8.78 Å². The molecule has 0 bridgehead atoms. The second-order valence-corrected chi connectivity index (χ2v) is 19.7. The lowest BCUT2D eigenvalue weighted by Gasteiger charge is -2.19. The van der Waals surface area contributed by atoms with Gasteiger partial charge in [-0.15, -0.1) is 0 Å². The maximum atomic E-state index is 13.3. The highest BCUT2D eigenvalue weighted by atomic mass is 32.2. The van der Waals surface area contributed by atoms with Crippen LogP contribution in [0.3, 0.4) is 0 Å². The van der Waals surface area contributed by atoms with Crippen LogP contribution in [0.25, 0.3) is 33.2 Å². The third-order valence-corrected chi connectivity index (χ3v) is 12.6. The summed E-state index contributed by atoms with van der Waals surface area (Å²) in [5.41, 5.74) is 7.85. The number of hydrogen-bond acceptors (Lipinski definition) is 17. The van der Waals surface area contributed by atoms with Gasteiger partial charge in [0.15, 0.2) is 29.7 Å². The Hall–Kier alpha value is -8.46. The lowest BCUT2D eigenvalue weighted by Crippen LogP contribution is -2.33. The summed E-state index contributed by atoms with van der Waals surface area (Å²) >= 11 is 0. The molecule has 0 aliphatic carbocycles.